The Hall–Kier alpha value is -1.74. The predicted molar refractivity (Wildman–Crippen MR) is 60.4 cm³/mol. The summed E-state index contributed by atoms with van der Waals surface area (Å²) in [5.74, 6) is 0.723. The van der Waals surface area contributed by atoms with Crippen LogP contribution in [0.25, 0.3) is 0 Å². The highest BCUT2D eigenvalue weighted by atomic mass is 16.5. The lowest BCUT2D eigenvalue weighted by atomic mass is 9.90. The minimum absolute atomic E-state index is 0.723. The highest BCUT2D eigenvalue weighted by Crippen LogP contribution is 2.31. The summed E-state index contributed by atoms with van der Waals surface area (Å²) in [4.78, 5) is 0. The van der Waals surface area contributed by atoms with Gasteiger partial charge in [-0.1, -0.05) is 12.1 Å². The predicted octanol–water partition coefficient (Wildman–Crippen LogP) is 2.54. The summed E-state index contributed by atoms with van der Waals surface area (Å²) >= 11 is 0. The Morgan fingerprint density at radius 2 is 2.06 bits per heavy atom. The van der Waals surface area contributed by atoms with Crippen molar-refractivity contribution in [3.05, 3.63) is 54.0 Å². The SMILES string of the molecule is COc1cccc(C(C)(O)c2ccoc2)c1. The first-order valence-corrected chi connectivity index (χ1v) is 5.04. The van der Waals surface area contributed by atoms with E-state index in [4.69, 9.17) is 9.15 Å². The average molecular weight is 218 g/mol. The molecule has 0 bridgehead atoms. The highest BCUT2D eigenvalue weighted by Gasteiger charge is 2.26. The molecule has 1 aromatic carbocycles. The number of furan rings is 1. The fraction of sp³-hybridized carbons (Fsp3) is 0.231. The molecule has 1 atom stereocenters. The molecule has 3 heteroatoms. The third-order valence-electron chi connectivity index (χ3n) is 2.72. The number of rotatable bonds is 3. The molecule has 16 heavy (non-hydrogen) atoms. The lowest BCUT2D eigenvalue weighted by Crippen LogP contribution is -2.21. The molecule has 1 aromatic heterocycles. The van der Waals surface area contributed by atoms with Crippen LogP contribution in [-0.4, -0.2) is 12.2 Å². The summed E-state index contributed by atoms with van der Waals surface area (Å²) in [5.41, 5.74) is 0.427. The molecule has 0 aliphatic carbocycles. The molecule has 1 N–H and O–H groups in total. The van der Waals surface area contributed by atoms with E-state index < -0.39 is 5.60 Å². The maximum atomic E-state index is 10.5. The molecule has 0 aliphatic heterocycles. The van der Waals surface area contributed by atoms with Gasteiger partial charge in [0, 0.05) is 5.56 Å². The Labute approximate surface area is 94.3 Å². The summed E-state index contributed by atoms with van der Waals surface area (Å²) in [7, 11) is 1.60. The normalized spacial score (nSPS) is 14.4. The molecule has 84 valence electrons. The van der Waals surface area contributed by atoms with E-state index in [0.29, 0.717) is 0 Å². The van der Waals surface area contributed by atoms with E-state index in [1.165, 1.54) is 0 Å². The molecule has 2 rings (SSSR count). The molecule has 1 unspecified atom stereocenters. The minimum Gasteiger partial charge on any atom is -0.497 e. The van der Waals surface area contributed by atoms with Crippen molar-refractivity contribution in [2.75, 3.05) is 7.11 Å². The number of methoxy groups -OCH3 is 1. The van der Waals surface area contributed by atoms with Gasteiger partial charge in [0.2, 0.25) is 0 Å². The van der Waals surface area contributed by atoms with Crippen molar-refractivity contribution in [2.45, 2.75) is 12.5 Å². The summed E-state index contributed by atoms with van der Waals surface area (Å²) in [6.07, 6.45) is 3.09. The Balaban J connectivity index is 2.42. The van der Waals surface area contributed by atoms with Gasteiger partial charge in [0.15, 0.2) is 0 Å². The second-order valence-electron chi connectivity index (χ2n) is 3.82. The van der Waals surface area contributed by atoms with Crippen molar-refractivity contribution >= 4 is 0 Å². The fourth-order valence-corrected chi connectivity index (χ4v) is 1.63. The van der Waals surface area contributed by atoms with E-state index in [0.717, 1.165) is 16.9 Å². The molecule has 0 aliphatic rings. The van der Waals surface area contributed by atoms with Gasteiger partial charge in [-0.15, -0.1) is 0 Å². The third-order valence-corrected chi connectivity index (χ3v) is 2.72. The molecular formula is C13H14O3. The van der Waals surface area contributed by atoms with Crippen LogP contribution in [-0.2, 0) is 5.60 Å². The topological polar surface area (TPSA) is 42.6 Å². The minimum atomic E-state index is -1.07. The molecule has 0 fully saturated rings. The quantitative estimate of drug-likeness (QED) is 0.860. The van der Waals surface area contributed by atoms with Gasteiger partial charge >= 0.3 is 0 Å². The van der Waals surface area contributed by atoms with Gasteiger partial charge in [0.05, 0.1) is 19.6 Å². The summed E-state index contributed by atoms with van der Waals surface area (Å²) in [5, 5.41) is 10.5. The maximum absolute atomic E-state index is 10.5. The molecule has 2 aromatic rings. The van der Waals surface area contributed by atoms with Crippen LogP contribution < -0.4 is 4.74 Å². The van der Waals surface area contributed by atoms with Crippen molar-refractivity contribution < 1.29 is 14.3 Å². The van der Waals surface area contributed by atoms with Crippen LogP contribution in [0.3, 0.4) is 0 Å². The van der Waals surface area contributed by atoms with Gasteiger partial charge in [-0.3, -0.25) is 0 Å². The fourth-order valence-electron chi connectivity index (χ4n) is 1.63. The Kier molecular flexibility index (Phi) is 2.71. The summed E-state index contributed by atoms with van der Waals surface area (Å²) in [6, 6.07) is 9.11. The van der Waals surface area contributed by atoms with Crippen molar-refractivity contribution in [3.8, 4) is 5.75 Å². The van der Waals surface area contributed by atoms with Crippen molar-refractivity contribution in [3.63, 3.8) is 0 Å². The Morgan fingerprint density at radius 3 is 2.69 bits per heavy atom. The lowest BCUT2D eigenvalue weighted by Gasteiger charge is -2.22. The second kappa shape index (κ2) is 4.02. The summed E-state index contributed by atoms with van der Waals surface area (Å²) < 4.78 is 10.1. The Bertz CT molecular complexity index is 458. The zero-order chi connectivity index (χ0) is 11.6. The lowest BCUT2D eigenvalue weighted by molar-refractivity contribution is 0.101. The van der Waals surface area contributed by atoms with Crippen molar-refractivity contribution in [2.24, 2.45) is 0 Å². The number of hydrogen-bond donors (Lipinski definition) is 1. The van der Waals surface area contributed by atoms with Crippen LogP contribution in [0.1, 0.15) is 18.1 Å². The van der Waals surface area contributed by atoms with Crippen LogP contribution in [0.4, 0.5) is 0 Å². The number of hydrogen-bond acceptors (Lipinski definition) is 3. The average Bonchev–Trinajstić information content (AvgIpc) is 2.83. The zero-order valence-electron chi connectivity index (χ0n) is 9.31. The molecule has 0 amide bonds. The van der Waals surface area contributed by atoms with E-state index in [9.17, 15) is 5.11 Å². The van der Waals surface area contributed by atoms with Gasteiger partial charge in [-0.2, -0.15) is 0 Å². The van der Waals surface area contributed by atoms with Crippen LogP contribution in [0, 0.1) is 0 Å². The molecule has 1 heterocycles. The van der Waals surface area contributed by atoms with E-state index in [1.807, 2.05) is 24.3 Å². The number of ether oxygens (including phenoxy) is 1. The van der Waals surface area contributed by atoms with Crippen LogP contribution in [0.15, 0.2) is 47.3 Å². The highest BCUT2D eigenvalue weighted by molar-refractivity contribution is 5.37. The van der Waals surface area contributed by atoms with E-state index >= 15 is 0 Å². The maximum Gasteiger partial charge on any atom is 0.119 e. The number of benzene rings is 1. The van der Waals surface area contributed by atoms with Crippen LogP contribution in [0.2, 0.25) is 0 Å². The van der Waals surface area contributed by atoms with Gasteiger partial charge in [-0.05, 0) is 30.7 Å². The first-order valence-electron chi connectivity index (χ1n) is 5.04. The first kappa shape index (κ1) is 10.8. The van der Waals surface area contributed by atoms with E-state index in [2.05, 4.69) is 0 Å². The van der Waals surface area contributed by atoms with Gasteiger partial charge in [0.1, 0.15) is 11.4 Å². The van der Waals surface area contributed by atoms with E-state index in [-0.39, 0.29) is 0 Å². The Morgan fingerprint density at radius 1 is 1.25 bits per heavy atom. The monoisotopic (exact) mass is 218 g/mol. The second-order valence-corrected chi connectivity index (χ2v) is 3.82. The molecule has 0 radical (unpaired) electrons. The largest absolute Gasteiger partial charge is 0.497 e. The smallest absolute Gasteiger partial charge is 0.119 e. The molecule has 0 spiro atoms. The first-order chi connectivity index (χ1) is 7.64. The third kappa shape index (κ3) is 1.82. The van der Waals surface area contributed by atoms with Gasteiger partial charge < -0.3 is 14.3 Å². The van der Waals surface area contributed by atoms with Gasteiger partial charge in [-0.25, -0.2) is 0 Å². The van der Waals surface area contributed by atoms with Crippen molar-refractivity contribution in [1.29, 1.82) is 0 Å². The number of aliphatic hydroxyl groups is 1. The molecule has 0 saturated carbocycles. The van der Waals surface area contributed by atoms with Crippen LogP contribution >= 0.6 is 0 Å². The van der Waals surface area contributed by atoms with E-state index in [1.54, 1.807) is 32.6 Å². The van der Waals surface area contributed by atoms with Gasteiger partial charge in [0.25, 0.3) is 0 Å². The molecular weight excluding hydrogens is 204 g/mol. The van der Waals surface area contributed by atoms with Crippen LogP contribution in [0.5, 0.6) is 5.75 Å². The standard InChI is InChI=1S/C13H14O3/c1-13(14,11-6-7-16-9-11)10-4-3-5-12(8-10)15-2/h3-9,14H,1-2H3. The molecule has 3 nitrogen and oxygen atoms in total. The zero-order valence-corrected chi connectivity index (χ0v) is 9.31. The molecule has 0 saturated heterocycles. The summed E-state index contributed by atoms with van der Waals surface area (Å²) in [6.45, 7) is 1.73. The van der Waals surface area contributed by atoms with Crippen molar-refractivity contribution in [1.82, 2.24) is 0 Å².